The molecule has 4 nitrogen and oxygen atoms in total. The number of fused-ring (bicyclic) bond motifs is 1. The summed E-state index contributed by atoms with van der Waals surface area (Å²) in [7, 11) is 0. The predicted octanol–water partition coefficient (Wildman–Crippen LogP) is 2.84. The van der Waals surface area contributed by atoms with Gasteiger partial charge in [-0.25, -0.2) is 4.98 Å². The number of rotatable bonds is 4. The number of aliphatic hydroxyl groups excluding tert-OH is 1. The van der Waals surface area contributed by atoms with Gasteiger partial charge < -0.3 is 9.84 Å². The minimum atomic E-state index is -2.62. The van der Waals surface area contributed by atoms with Gasteiger partial charge in [-0.1, -0.05) is 6.07 Å². The molecule has 1 aliphatic carbocycles. The zero-order valence-corrected chi connectivity index (χ0v) is 10.7. The van der Waals surface area contributed by atoms with Crippen molar-refractivity contribution in [2.45, 2.75) is 32.1 Å². The number of nitrogens with zero attached hydrogens (tertiary/aromatic N) is 2. The maximum Gasteiger partial charge on any atom is 0.320 e. The highest BCUT2D eigenvalue weighted by atomic mass is 19.3. The first kappa shape index (κ1) is 13.1. The lowest BCUT2D eigenvalue weighted by Gasteiger charge is -2.10. The predicted molar refractivity (Wildman–Crippen MR) is 67.5 cm³/mol. The third-order valence-electron chi connectivity index (χ3n) is 3.49. The molecule has 0 radical (unpaired) electrons. The van der Waals surface area contributed by atoms with Gasteiger partial charge in [-0.2, -0.15) is 8.78 Å². The normalized spacial score (nSPS) is 17.5. The molecule has 0 saturated heterocycles. The molecular weight excluding hydrogens is 266 g/mol. The van der Waals surface area contributed by atoms with Gasteiger partial charge in [-0.3, -0.25) is 4.57 Å². The molecule has 0 fully saturated rings. The van der Waals surface area contributed by atoms with Crippen LogP contribution in [0.2, 0.25) is 0 Å². The Kier molecular flexibility index (Phi) is 3.40. The number of benzene rings is 1. The van der Waals surface area contributed by atoms with Gasteiger partial charge in [0, 0.05) is 12.4 Å². The summed E-state index contributed by atoms with van der Waals surface area (Å²) >= 11 is 0. The van der Waals surface area contributed by atoms with Crippen LogP contribution in [0.4, 0.5) is 8.78 Å². The fourth-order valence-corrected chi connectivity index (χ4v) is 2.44. The maximum absolute atomic E-state index is 12.6. The molecule has 106 valence electrons. The Morgan fingerprint density at radius 1 is 1.45 bits per heavy atom. The van der Waals surface area contributed by atoms with E-state index in [1.54, 1.807) is 6.07 Å². The largest absolute Gasteiger partial charge is 0.486 e. The minimum Gasteiger partial charge on any atom is -0.486 e. The second-order valence-corrected chi connectivity index (χ2v) is 4.73. The van der Waals surface area contributed by atoms with Gasteiger partial charge >= 0.3 is 6.55 Å². The number of hydrogen-bond donors (Lipinski definition) is 1. The van der Waals surface area contributed by atoms with Crippen molar-refractivity contribution < 1.29 is 18.6 Å². The van der Waals surface area contributed by atoms with Crippen LogP contribution < -0.4 is 4.74 Å². The number of aromatic nitrogens is 2. The highest BCUT2D eigenvalue weighted by Crippen LogP contribution is 2.33. The monoisotopic (exact) mass is 280 g/mol. The van der Waals surface area contributed by atoms with Crippen LogP contribution in [0.5, 0.6) is 5.75 Å². The number of imidazole rings is 1. The quantitative estimate of drug-likeness (QED) is 0.936. The van der Waals surface area contributed by atoms with Crippen LogP contribution >= 0.6 is 0 Å². The Morgan fingerprint density at radius 3 is 3.10 bits per heavy atom. The molecule has 0 saturated carbocycles. The first-order valence-electron chi connectivity index (χ1n) is 6.38. The summed E-state index contributed by atoms with van der Waals surface area (Å²) in [5.41, 5.74) is 1.97. The third-order valence-corrected chi connectivity index (χ3v) is 3.49. The molecule has 20 heavy (non-hydrogen) atoms. The van der Waals surface area contributed by atoms with Crippen molar-refractivity contribution >= 4 is 0 Å². The van der Waals surface area contributed by atoms with Crippen molar-refractivity contribution in [2.24, 2.45) is 0 Å². The van der Waals surface area contributed by atoms with E-state index in [0.29, 0.717) is 12.2 Å². The topological polar surface area (TPSA) is 47.3 Å². The van der Waals surface area contributed by atoms with E-state index in [1.807, 2.05) is 12.1 Å². The summed E-state index contributed by atoms with van der Waals surface area (Å²) in [6.45, 7) is -2.63. The van der Waals surface area contributed by atoms with Gasteiger partial charge in [-0.05, 0) is 36.1 Å². The van der Waals surface area contributed by atoms with Crippen LogP contribution in [-0.4, -0.2) is 14.7 Å². The van der Waals surface area contributed by atoms with Crippen LogP contribution in [0.25, 0.3) is 0 Å². The van der Waals surface area contributed by atoms with E-state index in [1.165, 1.54) is 12.4 Å². The Hall–Kier alpha value is -1.95. The number of aliphatic hydroxyl groups is 1. The van der Waals surface area contributed by atoms with Crippen LogP contribution in [0.1, 0.15) is 36.0 Å². The highest BCUT2D eigenvalue weighted by molar-refractivity contribution is 5.39. The average molecular weight is 280 g/mol. The number of alkyl halides is 2. The third kappa shape index (κ3) is 2.38. The minimum absolute atomic E-state index is 0.0152. The van der Waals surface area contributed by atoms with Gasteiger partial charge in [0.05, 0.1) is 6.10 Å². The standard InChI is InChI=1S/C14H14F2N2O2/c15-14(16)18-6-5-17-13(18)8-20-10-2-3-11-9(7-10)1-4-12(11)19/h2-3,5-7,12,14,19H,1,4,8H2/t12-/m0/s1. The van der Waals surface area contributed by atoms with E-state index in [2.05, 4.69) is 4.98 Å². The molecule has 3 rings (SSSR count). The maximum atomic E-state index is 12.6. The Morgan fingerprint density at radius 2 is 2.30 bits per heavy atom. The molecule has 1 atom stereocenters. The molecule has 1 N–H and O–H groups in total. The summed E-state index contributed by atoms with van der Waals surface area (Å²) < 4.78 is 31.6. The zero-order valence-electron chi connectivity index (χ0n) is 10.7. The number of halogens is 2. The molecule has 0 aliphatic heterocycles. The van der Waals surface area contributed by atoms with Crippen molar-refractivity contribution in [2.75, 3.05) is 0 Å². The number of hydrogen-bond acceptors (Lipinski definition) is 3. The SMILES string of the molecule is O[C@H]1CCc2cc(OCc3nccn3C(F)F)ccc21. The van der Waals surface area contributed by atoms with Crippen LogP contribution in [0.3, 0.4) is 0 Å². The molecule has 6 heteroatoms. The van der Waals surface area contributed by atoms with E-state index in [0.717, 1.165) is 22.1 Å². The lowest BCUT2D eigenvalue weighted by Crippen LogP contribution is -2.07. The van der Waals surface area contributed by atoms with E-state index in [-0.39, 0.29) is 12.4 Å². The van der Waals surface area contributed by atoms with Gasteiger partial charge in [0.25, 0.3) is 0 Å². The first-order valence-corrected chi connectivity index (χ1v) is 6.38. The lowest BCUT2D eigenvalue weighted by atomic mass is 10.1. The van der Waals surface area contributed by atoms with Gasteiger partial charge in [0.1, 0.15) is 12.4 Å². The van der Waals surface area contributed by atoms with Gasteiger partial charge in [0.15, 0.2) is 5.82 Å². The van der Waals surface area contributed by atoms with Crippen molar-refractivity contribution in [3.8, 4) is 5.75 Å². The zero-order chi connectivity index (χ0) is 14.1. The molecule has 0 amide bonds. The van der Waals surface area contributed by atoms with Crippen molar-refractivity contribution in [3.63, 3.8) is 0 Å². The van der Waals surface area contributed by atoms with Crippen LogP contribution in [-0.2, 0) is 13.0 Å². The van der Waals surface area contributed by atoms with Gasteiger partial charge in [-0.15, -0.1) is 0 Å². The number of aryl methyl sites for hydroxylation is 1. The van der Waals surface area contributed by atoms with Crippen LogP contribution in [0.15, 0.2) is 30.6 Å². The smallest absolute Gasteiger partial charge is 0.320 e. The fraction of sp³-hybridized carbons (Fsp3) is 0.357. The van der Waals surface area contributed by atoms with E-state index >= 15 is 0 Å². The van der Waals surface area contributed by atoms with Crippen LogP contribution in [0, 0.1) is 0 Å². The highest BCUT2D eigenvalue weighted by Gasteiger charge is 2.20. The molecule has 1 heterocycles. The Labute approximate surface area is 114 Å². The summed E-state index contributed by atoms with van der Waals surface area (Å²) in [5.74, 6) is 0.780. The second kappa shape index (κ2) is 5.20. The molecule has 1 aromatic carbocycles. The van der Waals surface area contributed by atoms with E-state index in [9.17, 15) is 13.9 Å². The number of ether oxygens (including phenoxy) is 1. The first-order chi connectivity index (χ1) is 9.65. The van der Waals surface area contributed by atoms with Crippen molar-refractivity contribution in [1.29, 1.82) is 0 Å². The van der Waals surface area contributed by atoms with Crippen molar-refractivity contribution in [3.05, 3.63) is 47.5 Å². The van der Waals surface area contributed by atoms with Gasteiger partial charge in [0.2, 0.25) is 0 Å². The Bertz CT molecular complexity index is 613. The summed E-state index contributed by atoms with van der Waals surface area (Å²) in [5, 5.41) is 9.71. The molecular formula is C14H14F2N2O2. The summed E-state index contributed by atoms with van der Waals surface area (Å²) in [6.07, 6.45) is 3.66. The molecule has 0 spiro atoms. The Balaban J connectivity index is 1.71. The second-order valence-electron chi connectivity index (χ2n) is 4.73. The lowest BCUT2D eigenvalue weighted by molar-refractivity contribution is 0.0632. The average Bonchev–Trinajstić information content (AvgIpc) is 3.03. The molecule has 1 aliphatic rings. The molecule has 0 bridgehead atoms. The molecule has 1 aromatic heterocycles. The fourth-order valence-electron chi connectivity index (χ4n) is 2.44. The van der Waals surface area contributed by atoms with E-state index < -0.39 is 12.7 Å². The summed E-state index contributed by atoms with van der Waals surface area (Å²) in [6, 6.07) is 5.41. The summed E-state index contributed by atoms with van der Waals surface area (Å²) in [4.78, 5) is 3.86. The van der Waals surface area contributed by atoms with E-state index in [4.69, 9.17) is 4.74 Å². The molecule has 2 aromatic rings. The van der Waals surface area contributed by atoms with Crippen molar-refractivity contribution in [1.82, 2.24) is 9.55 Å². The molecule has 0 unspecified atom stereocenters.